The minimum atomic E-state index is 0. The number of rotatable bonds is 8. The summed E-state index contributed by atoms with van der Waals surface area (Å²) in [5, 5.41) is 0. The van der Waals surface area contributed by atoms with Crippen LogP contribution in [0.3, 0.4) is 0 Å². The molecule has 3 nitrogen and oxygen atoms in total. The second kappa shape index (κ2) is 12.3. The maximum Gasteiger partial charge on any atom is 0.222 e. The van der Waals surface area contributed by atoms with E-state index in [1.54, 1.807) is 0 Å². The fourth-order valence-electron chi connectivity index (χ4n) is 3.21. The summed E-state index contributed by atoms with van der Waals surface area (Å²) in [5.41, 5.74) is 5.49. The van der Waals surface area contributed by atoms with Gasteiger partial charge in [0, 0.05) is 19.0 Å². The average molecular weight is 319 g/mol. The maximum atomic E-state index is 12.5. The lowest BCUT2D eigenvalue weighted by Gasteiger charge is -2.31. The summed E-state index contributed by atoms with van der Waals surface area (Å²) < 4.78 is 0. The van der Waals surface area contributed by atoms with Gasteiger partial charge in [0.15, 0.2) is 0 Å². The molecular formula is C17H35ClN2O. The van der Waals surface area contributed by atoms with E-state index in [1.165, 1.54) is 38.5 Å². The van der Waals surface area contributed by atoms with Crippen LogP contribution in [-0.4, -0.2) is 29.9 Å². The van der Waals surface area contributed by atoms with E-state index < -0.39 is 0 Å². The molecule has 0 aromatic rings. The fourth-order valence-corrected chi connectivity index (χ4v) is 3.21. The molecule has 0 aliphatic carbocycles. The number of unbranched alkanes of at least 4 members (excludes halogenated alkanes) is 3. The van der Waals surface area contributed by atoms with Crippen LogP contribution in [0.25, 0.3) is 0 Å². The van der Waals surface area contributed by atoms with Crippen molar-refractivity contribution in [1.29, 1.82) is 0 Å². The van der Waals surface area contributed by atoms with Gasteiger partial charge in [-0.2, -0.15) is 0 Å². The average Bonchev–Trinajstić information content (AvgIpc) is 2.63. The smallest absolute Gasteiger partial charge is 0.222 e. The Bertz CT molecular complexity index is 272. The third-order valence-corrected chi connectivity index (χ3v) is 4.29. The van der Waals surface area contributed by atoms with Gasteiger partial charge in [0.25, 0.3) is 0 Å². The van der Waals surface area contributed by atoms with Crippen molar-refractivity contribution in [1.82, 2.24) is 4.90 Å². The van der Waals surface area contributed by atoms with Gasteiger partial charge in [0.05, 0.1) is 0 Å². The van der Waals surface area contributed by atoms with Crippen LogP contribution < -0.4 is 5.73 Å². The lowest BCUT2D eigenvalue weighted by Crippen LogP contribution is -2.40. The van der Waals surface area contributed by atoms with E-state index in [2.05, 4.69) is 18.7 Å². The Balaban J connectivity index is 0.00000400. The molecule has 0 spiro atoms. The largest absolute Gasteiger partial charge is 0.340 e. The number of nitrogens with zero attached hydrogens (tertiary/aromatic N) is 1. The normalized spacial score (nSPS) is 19.2. The lowest BCUT2D eigenvalue weighted by atomic mass is 9.98. The second-order valence-corrected chi connectivity index (χ2v) is 6.67. The molecule has 1 rings (SSSR count). The molecule has 1 heterocycles. The first-order chi connectivity index (χ1) is 9.65. The summed E-state index contributed by atoms with van der Waals surface area (Å²) in [6.07, 6.45) is 11.3. The zero-order chi connectivity index (χ0) is 14.8. The summed E-state index contributed by atoms with van der Waals surface area (Å²) in [7, 11) is 0. The van der Waals surface area contributed by atoms with Crippen LogP contribution in [0, 0.1) is 5.92 Å². The van der Waals surface area contributed by atoms with Crippen LogP contribution in [0.5, 0.6) is 0 Å². The Labute approximate surface area is 137 Å². The standard InChI is InChI=1S/C17H34N2O.ClH/c1-15(2)14-16-10-6-5-9-13-19(16)17(20)11-7-3-4-8-12-18;/h15-16H,3-14,18H2,1-2H3;1H. The lowest BCUT2D eigenvalue weighted by molar-refractivity contribution is -0.133. The SMILES string of the molecule is CC(C)CC1CCCCCN1C(=O)CCCCCCN.Cl. The van der Waals surface area contributed by atoms with Crippen molar-refractivity contribution in [2.75, 3.05) is 13.1 Å². The Kier molecular flexibility index (Phi) is 12.1. The quantitative estimate of drug-likeness (QED) is 0.684. The molecule has 1 aliphatic rings. The van der Waals surface area contributed by atoms with Gasteiger partial charge in [-0.15, -0.1) is 12.4 Å². The molecule has 1 aliphatic heterocycles. The summed E-state index contributed by atoms with van der Waals surface area (Å²) in [6.45, 7) is 6.29. The summed E-state index contributed by atoms with van der Waals surface area (Å²) in [6, 6.07) is 0.494. The molecule has 4 heteroatoms. The molecule has 1 unspecified atom stereocenters. The topological polar surface area (TPSA) is 46.3 Å². The zero-order valence-corrected chi connectivity index (χ0v) is 14.8. The van der Waals surface area contributed by atoms with Crippen molar-refractivity contribution >= 4 is 18.3 Å². The minimum absolute atomic E-state index is 0. The van der Waals surface area contributed by atoms with Gasteiger partial charge >= 0.3 is 0 Å². The molecule has 0 aromatic heterocycles. The monoisotopic (exact) mass is 318 g/mol. The van der Waals surface area contributed by atoms with E-state index in [1.807, 2.05) is 0 Å². The molecule has 126 valence electrons. The highest BCUT2D eigenvalue weighted by molar-refractivity contribution is 5.85. The first-order valence-corrected chi connectivity index (χ1v) is 8.64. The van der Waals surface area contributed by atoms with Crippen LogP contribution in [0.2, 0.25) is 0 Å². The fraction of sp³-hybridized carbons (Fsp3) is 0.941. The Hall–Kier alpha value is -0.280. The van der Waals surface area contributed by atoms with E-state index in [0.717, 1.165) is 38.8 Å². The third kappa shape index (κ3) is 8.67. The van der Waals surface area contributed by atoms with Crippen LogP contribution in [0.1, 0.15) is 78.1 Å². The molecule has 0 aromatic carbocycles. The Morgan fingerprint density at radius 2 is 1.86 bits per heavy atom. The van der Waals surface area contributed by atoms with Crippen molar-refractivity contribution in [3.05, 3.63) is 0 Å². The predicted octanol–water partition coefficient (Wildman–Crippen LogP) is 4.13. The van der Waals surface area contributed by atoms with Gasteiger partial charge in [-0.25, -0.2) is 0 Å². The van der Waals surface area contributed by atoms with Crippen molar-refractivity contribution in [3.8, 4) is 0 Å². The molecule has 0 bridgehead atoms. The van der Waals surface area contributed by atoms with Crippen molar-refractivity contribution < 1.29 is 4.79 Å². The summed E-state index contributed by atoms with van der Waals surface area (Å²) in [4.78, 5) is 14.7. The number of nitrogens with two attached hydrogens (primary N) is 1. The first kappa shape index (κ1) is 20.7. The van der Waals surface area contributed by atoms with E-state index in [0.29, 0.717) is 17.9 Å². The van der Waals surface area contributed by atoms with Crippen molar-refractivity contribution in [2.24, 2.45) is 11.7 Å². The van der Waals surface area contributed by atoms with Crippen LogP contribution >= 0.6 is 12.4 Å². The Morgan fingerprint density at radius 1 is 1.14 bits per heavy atom. The second-order valence-electron chi connectivity index (χ2n) is 6.67. The highest BCUT2D eigenvalue weighted by Gasteiger charge is 2.25. The van der Waals surface area contributed by atoms with Gasteiger partial charge < -0.3 is 10.6 Å². The van der Waals surface area contributed by atoms with Crippen LogP contribution in [-0.2, 0) is 4.79 Å². The molecule has 1 atom stereocenters. The molecule has 0 radical (unpaired) electrons. The number of carbonyl (C=O) groups excluding carboxylic acids is 1. The number of likely N-dealkylation sites (tertiary alicyclic amines) is 1. The molecule has 1 fully saturated rings. The molecule has 1 saturated heterocycles. The highest BCUT2D eigenvalue weighted by Crippen LogP contribution is 2.23. The van der Waals surface area contributed by atoms with Gasteiger partial charge in [-0.1, -0.05) is 39.5 Å². The number of halogens is 1. The predicted molar refractivity (Wildman–Crippen MR) is 92.8 cm³/mol. The Morgan fingerprint density at radius 3 is 2.52 bits per heavy atom. The van der Waals surface area contributed by atoms with Gasteiger partial charge in [0.1, 0.15) is 0 Å². The molecular weight excluding hydrogens is 284 g/mol. The number of amides is 1. The minimum Gasteiger partial charge on any atom is -0.340 e. The first-order valence-electron chi connectivity index (χ1n) is 8.64. The highest BCUT2D eigenvalue weighted by atomic mass is 35.5. The number of hydrogen-bond acceptors (Lipinski definition) is 2. The van der Waals surface area contributed by atoms with Gasteiger partial charge in [-0.05, 0) is 44.6 Å². The van der Waals surface area contributed by atoms with Crippen LogP contribution in [0.15, 0.2) is 0 Å². The summed E-state index contributed by atoms with van der Waals surface area (Å²) >= 11 is 0. The maximum absolute atomic E-state index is 12.5. The molecule has 21 heavy (non-hydrogen) atoms. The van der Waals surface area contributed by atoms with Gasteiger partial charge in [0.2, 0.25) is 5.91 Å². The summed E-state index contributed by atoms with van der Waals surface area (Å²) in [5.74, 6) is 1.07. The molecule has 0 saturated carbocycles. The van der Waals surface area contributed by atoms with E-state index in [-0.39, 0.29) is 12.4 Å². The molecule has 2 N–H and O–H groups in total. The molecule has 1 amide bonds. The van der Waals surface area contributed by atoms with Crippen molar-refractivity contribution in [3.63, 3.8) is 0 Å². The van der Waals surface area contributed by atoms with E-state index >= 15 is 0 Å². The van der Waals surface area contributed by atoms with E-state index in [4.69, 9.17) is 5.73 Å². The van der Waals surface area contributed by atoms with E-state index in [9.17, 15) is 4.79 Å². The third-order valence-electron chi connectivity index (χ3n) is 4.29. The number of carbonyl (C=O) groups is 1. The zero-order valence-electron chi connectivity index (χ0n) is 14.0. The van der Waals surface area contributed by atoms with Crippen molar-refractivity contribution in [2.45, 2.75) is 84.1 Å². The number of hydrogen-bond donors (Lipinski definition) is 1. The van der Waals surface area contributed by atoms with Gasteiger partial charge in [-0.3, -0.25) is 4.79 Å². The van der Waals surface area contributed by atoms with Crippen LogP contribution in [0.4, 0.5) is 0 Å².